The maximum absolute atomic E-state index is 2.42. The topological polar surface area (TPSA) is 4.93 Å². The van der Waals surface area contributed by atoms with Gasteiger partial charge in [0.25, 0.3) is 0 Å². The molecule has 35 heavy (non-hydrogen) atoms. The third kappa shape index (κ3) is 2.82. The van der Waals surface area contributed by atoms with Gasteiger partial charge in [0.1, 0.15) is 0 Å². The Morgan fingerprint density at radius 1 is 0.571 bits per heavy atom. The van der Waals surface area contributed by atoms with Gasteiger partial charge in [0.2, 0.25) is 0 Å². The molecule has 1 heterocycles. The normalized spacial score (nSPS) is 13.8. The molecule has 1 aliphatic rings. The zero-order valence-electron chi connectivity index (χ0n) is 20.3. The molecule has 0 amide bonds. The van der Waals surface area contributed by atoms with E-state index in [0.29, 0.717) is 0 Å². The molecule has 0 fully saturated rings. The lowest BCUT2D eigenvalue weighted by Crippen LogP contribution is -2.15. The van der Waals surface area contributed by atoms with Gasteiger partial charge in [0.15, 0.2) is 0 Å². The molecule has 1 heteroatoms. The van der Waals surface area contributed by atoms with E-state index in [1.165, 1.54) is 66.4 Å². The molecule has 0 spiro atoms. The second-order valence-corrected chi connectivity index (χ2v) is 10.3. The SMILES string of the molecule is Cc1cccc2c1-c1ccc(-c3ccc4c(c3)c3ccccc3n4-c3ccccc3)cc1C2(C)C. The molecular formula is C34H27N. The second-order valence-electron chi connectivity index (χ2n) is 10.3. The van der Waals surface area contributed by atoms with Crippen molar-refractivity contribution in [3.05, 3.63) is 126 Å². The first-order valence-electron chi connectivity index (χ1n) is 12.4. The van der Waals surface area contributed by atoms with Gasteiger partial charge in [-0.2, -0.15) is 0 Å². The van der Waals surface area contributed by atoms with Gasteiger partial charge >= 0.3 is 0 Å². The van der Waals surface area contributed by atoms with Crippen LogP contribution >= 0.6 is 0 Å². The standard InChI is InChI=1S/C34H27N/c1-22-10-9-14-29-33(22)27-18-16-24(21-30(27)34(29,2)3)23-17-19-32-28(20-23)26-13-7-8-15-31(26)35(32)25-11-5-4-6-12-25/h4-21H,1-3H3. The molecular weight excluding hydrogens is 422 g/mol. The van der Waals surface area contributed by atoms with Crippen LogP contribution in [0, 0.1) is 6.92 Å². The first-order chi connectivity index (χ1) is 17.0. The molecule has 7 rings (SSSR count). The summed E-state index contributed by atoms with van der Waals surface area (Å²) < 4.78 is 2.37. The van der Waals surface area contributed by atoms with Crippen LogP contribution in [-0.4, -0.2) is 4.57 Å². The zero-order chi connectivity index (χ0) is 23.7. The monoisotopic (exact) mass is 449 g/mol. The molecule has 1 aromatic heterocycles. The first kappa shape index (κ1) is 20.3. The largest absolute Gasteiger partial charge is 0.309 e. The average molecular weight is 450 g/mol. The Bertz CT molecular complexity index is 1770. The van der Waals surface area contributed by atoms with Crippen molar-refractivity contribution < 1.29 is 0 Å². The van der Waals surface area contributed by atoms with Gasteiger partial charge in [0, 0.05) is 21.9 Å². The van der Waals surface area contributed by atoms with E-state index >= 15 is 0 Å². The van der Waals surface area contributed by atoms with Crippen molar-refractivity contribution in [2.45, 2.75) is 26.2 Å². The highest BCUT2D eigenvalue weighted by Crippen LogP contribution is 2.50. The van der Waals surface area contributed by atoms with Crippen LogP contribution in [0.4, 0.5) is 0 Å². The second kappa shape index (κ2) is 7.20. The minimum absolute atomic E-state index is 0.000132. The van der Waals surface area contributed by atoms with Crippen molar-refractivity contribution in [3.8, 4) is 27.9 Å². The summed E-state index contributed by atoms with van der Waals surface area (Å²) >= 11 is 0. The summed E-state index contributed by atoms with van der Waals surface area (Å²) in [5.74, 6) is 0. The fourth-order valence-corrected chi connectivity index (χ4v) is 6.16. The summed E-state index contributed by atoms with van der Waals surface area (Å²) in [6.07, 6.45) is 0. The lowest BCUT2D eigenvalue weighted by molar-refractivity contribution is 0.660. The molecule has 0 atom stereocenters. The van der Waals surface area contributed by atoms with Gasteiger partial charge in [-0.15, -0.1) is 0 Å². The fourth-order valence-electron chi connectivity index (χ4n) is 6.16. The van der Waals surface area contributed by atoms with Crippen molar-refractivity contribution in [3.63, 3.8) is 0 Å². The Labute approximate surface area is 206 Å². The van der Waals surface area contributed by atoms with Gasteiger partial charge in [-0.3, -0.25) is 0 Å². The van der Waals surface area contributed by atoms with E-state index in [2.05, 4.69) is 135 Å². The van der Waals surface area contributed by atoms with Crippen LogP contribution < -0.4 is 0 Å². The summed E-state index contributed by atoms with van der Waals surface area (Å²) in [5, 5.41) is 2.58. The van der Waals surface area contributed by atoms with Crippen molar-refractivity contribution >= 4 is 21.8 Å². The number of rotatable bonds is 2. The quantitative estimate of drug-likeness (QED) is 0.248. The van der Waals surface area contributed by atoms with Crippen LogP contribution in [0.2, 0.25) is 0 Å². The number of para-hydroxylation sites is 2. The molecule has 1 aliphatic carbocycles. The minimum Gasteiger partial charge on any atom is -0.309 e. The number of benzene rings is 5. The lowest BCUT2D eigenvalue weighted by atomic mass is 9.81. The Hall–Kier alpha value is -4.10. The molecule has 168 valence electrons. The number of hydrogen-bond acceptors (Lipinski definition) is 0. The van der Waals surface area contributed by atoms with E-state index in [4.69, 9.17) is 0 Å². The first-order valence-corrected chi connectivity index (χ1v) is 12.4. The molecule has 0 N–H and O–H groups in total. The van der Waals surface area contributed by atoms with Crippen molar-refractivity contribution in [2.75, 3.05) is 0 Å². The zero-order valence-corrected chi connectivity index (χ0v) is 20.3. The van der Waals surface area contributed by atoms with E-state index in [1.54, 1.807) is 0 Å². The fraction of sp³-hybridized carbons (Fsp3) is 0.118. The summed E-state index contributed by atoms with van der Waals surface area (Å²) in [4.78, 5) is 0. The third-order valence-electron chi connectivity index (χ3n) is 7.93. The maximum atomic E-state index is 2.42. The molecule has 0 unspecified atom stereocenters. The molecule has 5 aromatic carbocycles. The third-order valence-corrected chi connectivity index (χ3v) is 7.93. The molecule has 0 radical (unpaired) electrons. The van der Waals surface area contributed by atoms with Crippen LogP contribution in [0.25, 0.3) is 49.7 Å². The average Bonchev–Trinajstić information content (AvgIpc) is 3.34. The van der Waals surface area contributed by atoms with E-state index in [9.17, 15) is 0 Å². The predicted octanol–water partition coefficient (Wildman–Crippen LogP) is 9.07. The number of aromatic nitrogens is 1. The van der Waals surface area contributed by atoms with E-state index in [1.807, 2.05) is 0 Å². The van der Waals surface area contributed by atoms with Gasteiger partial charge in [-0.05, 0) is 82.3 Å². The van der Waals surface area contributed by atoms with Crippen LogP contribution in [0.5, 0.6) is 0 Å². The lowest BCUT2D eigenvalue weighted by Gasteiger charge is -2.22. The number of nitrogens with zero attached hydrogens (tertiary/aromatic N) is 1. The number of fused-ring (bicyclic) bond motifs is 6. The number of aryl methyl sites for hydroxylation is 1. The van der Waals surface area contributed by atoms with Crippen LogP contribution in [0.3, 0.4) is 0 Å². The number of hydrogen-bond donors (Lipinski definition) is 0. The predicted molar refractivity (Wildman–Crippen MR) is 149 cm³/mol. The summed E-state index contributed by atoms with van der Waals surface area (Å²) in [7, 11) is 0. The maximum Gasteiger partial charge on any atom is 0.0541 e. The molecule has 0 saturated heterocycles. The van der Waals surface area contributed by atoms with Gasteiger partial charge in [-0.25, -0.2) is 0 Å². The van der Waals surface area contributed by atoms with Crippen LogP contribution in [0.1, 0.15) is 30.5 Å². The highest BCUT2D eigenvalue weighted by molar-refractivity contribution is 6.10. The highest BCUT2D eigenvalue weighted by Gasteiger charge is 2.36. The van der Waals surface area contributed by atoms with Gasteiger partial charge in [0.05, 0.1) is 11.0 Å². The Morgan fingerprint density at radius 2 is 1.29 bits per heavy atom. The summed E-state index contributed by atoms with van der Waals surface area (Å²) in [6.45, 7) is 6.95. The summed E-state index contributed by atoms with van der Waals surface area (Å²) in [5.41, 5.74) is 13.2. The van der Waals surface area contributed by atoms with E-state index < -0.39 is 0 Å². The van der Waals surface area contributed by atoms with Crippen LogP contribution in [0.15, 0.2) is 109 Å². The Balaban J connectivity index is 1.44. The van der Waals surface area contributed by atoms with Crippen molar-refractivity contribution in [2.24, 2.45) is 0 Å². The molecule has 1 nitrogen and oxygen atoms in total. The molecule has 0 aliphatic heterocycles. The smallest absolute Gasteiger partial charge is 0.0541 e. The van der Waals surface area contributed by atoms with Crippen molar-refractivity contribution in [1.29, 1.82) is 0 Å². The molecule has 0 bridgehead atoms. The van der Waals surface area contributed by atoms with E-state index in [0.717, 1.165) is 0 Å². The van der Waals surface area contributed by atoms with E-state index in [-0.39, 0.29) is 5.41 Å². The van der Waals surface area contributed by atoms with Gasteiger partial charge in [-0.1, -0.05) is 86.6 Å². The van der Waals surface area contributed by atoms with Gasteiger partial charge < -0.3 is 4.57 Å². The highest BCUT2D eigenvalue weighted by atomic mass is 15.0. The molecule has 0 saturated carbocycles. The van der Waals surface area contributed by atoms with Crippen molar-refractivity contribution in [1.82, 2.24) is 4.57 Å². The Morgan fingerprint density at radius 3 is 2.14 bits per heavy atom. The minimum atomic E-state index is 0.000132. The Kier molecular flexibility index (Phi) is 4.17. The molecule has 6 aromatic rings. The summed E-state index contributed by atoms with van der Waals surface area (Å²) in [6, 6.07) is 40.1. The van der Waals surface area contributed by atoms with Crippen LogP contribution in [-0.2, 0) is 5.41 Å².